The number of hydrogen-bond donors (Lipinski definition) is 1. The fourth-order valence-corrected chi connectivity index (χ4v) is 6.13. The molecule has 2 heterocycles. The molecule has 4 rings (SSSR count). The summed E-state index contributed by atoms with van der Waals surface area (Å²) >= 11 is 2.43. The van der Waals surface area contributed by atoms with Crippen molar-refractivity contribution < 1.29 is 22.4 Å². The van der Waals surface area contributed by atoms with Crippen LogP contribution in [0.25, 0.3) is 22.7 Å². The van der Waals surface area contributed by atoms with Crippen LogP contribution in [0.4, 0.5) is 5.13 Å². The Morgan fingerprint density at radius 3 is 2.38 bits per heavy atom. The largest absolute Gasteiger partial charge is 0.497 e. The number of nitrogens with zero attached hydrogens (tertiary/aromatic N) is 4. The number of rotatable bonds is 11. The predicted octanol–water partition coefficient (Wildman–Crippen LogP) is 4.63. The van der Waals surface area contributed by atoms with E-state index < -0.39 is 10.0 Å². The second-order valence-electron chi connectivity index (χ2n) is 7.59. The Balaban J connectivity index is 1.33. The van der Waals surface area contributed by atoms with Crippen LogP contribution >= 0.6 is 23.1 Å². The third-order valence-electron chi connectivity index (χ3n) is 5.31. The summed E-state index contributed by atoms with van der Waals surface area (Å²) in [6, 6.07) is 13.8. The van der Waals surface area contributed by atoms with Gasteiger partial charge in [-0.25, -0.2) is 13.4 Å². The number of anilines is 1. The molecule has 0 aliphatic carbocycles. The number of methoxy groups -OCH3 is 1. The number of ether oxygens (including phenoxy) is 1. The lowest BCUT2D eigenvalue weighted by molar-refractivity contribution is -0.113. The van der Waals surface area contributed by atoms with Gasteiger partial charge in [0.2, 0.25) is 21.8 Å². The Hall–Kier alpha value is -3.26. The highest BCUT2D eigenvalue weighted by atomic mass is 32.2. The molecule has 0 aliphatic heterocycles. The molecule has 0 atom stereocenters. The van der Waals surface area contributed by atoms with Crippen LogP contribution < -0.4 is 10.1 Å². The van der Waals surface area contributed by atoms with Crippen molar-refractivity contribution in [2.75, 3.05) is 31.3 Å². The normalized spacial score (nSPS) is 11.6. The molecule has 1 amide bonds. The molecule has 194 valence electrons. The highest BCUT2D eigenvalue weighted by Crippen LogP contribution is 2.28. The fourth-order valence-electron chi connectivity index (χ4n) is 3.37. The van der Waals surface area contributed by atoms with Crippen molar-refractivity contribution in [1.82, 2.24) is 19.5 Å². The first kappa shape index (κ1) is 26.8. The molecule has 0 saturated heterocycles. The van der Waals surface area contributed by atoms with Crippen LogP contribution in [0, 0.1) is 0 Å². The van der Waals surface area contributed by atoms with E-state index in [-0.39, 0.29) is 27.7 Å². The van der Waals surface area contributed by atoms with Crippen molar-refractivity contribution >= 4 is 44.2 Å². The minimum absolute atomic E-state index is 0.0557. The van der Waals surface area contributed by atoms with E-state index >= 15 is 0 Å². The van der Waals surface area contributed by atoms with Gasteiger partial charge in [-0.05, 0) is 48.5 Å². The summed E-state index contributed by atoms with van der Waals surface area (Å²) < 4.78 is 37.5. The average molecular weight is 560 g/mol. The quantitative estimate of drug-likeness (QED) is 0.262. The number of benzene rings is 2. The zero-order chi connectivity index (χ0) is 26.4. The lowest BCUT2D eigenvalue weighted by Crippen LogP contribution is -2.30. The van der Waals surface area contributed by atoms with Crippen molar-refractivity contribution in [2.24, 2.45) is 0 Å². The first-order valence-electron chi connectivity index (χ1n) is 11.3. The van der Waals surface area contributed by atoms with E-state index in [0.29, 0.717) is 23.8 Å². The van der Waals surface area contributed by atoms with Gasteiger partial charge in [-0.15, -0.1) is 21.5 Å². The maximum atomic E-state index is 12.6. The number of thioether (sulfide) groups is 1. The topological polar surface area (TPSA) is 128 Å². The Morgan fingerprint density at radius 1 is 1.05 bits per heavy atom. The van der Waals surface area contributed by atoms with Crippen LogP contribution in [0.1, 0.15) is 13.8 Å². The number of carbonyl (C=O) groups is 1. The van der Waals surface area contributed by atoms with Gasteiger partial charge in [0.15, 0.2) is 5.13 Å². The van der Waals surface area contributed by atoms with Crippen molar-refractivity contribution in [1.29, 1.82) is 0 Å². The monoisotopic (exact) mass is 559 g/mol. The Kier molecular flexibility index (Phi) is 8.59. The third-order valence-corrected chi connectivity index (χ3v) is 8.95. The van der Waals surface area contributed by atoms with Gasteiger partial charge < -0.3 is 14.5 Å². The number of nitrogens with one attached hydrogen (secondary N) is 1. The van der Waals surface area contributed by atoms with E-state index in [1.807, 2.05) is 29.6 Å². The molecule has 10 nitrogen and oxygen atoms in total. The minimum atomic E-state index is -3.55. The molecule has 2 aromatic heterocycles. The maximum Gasteiger partial charge on any atom is 0.277 e. The number of amides is 1. The Labute approximate surface area is 223 Å². The van der Waals surface area contributed by atoms with Gasteiger partial charge in [0.25, 0.3) is 5.22 Å². The van der Waals surface area contributed by atoms with E-state index in [4.69, 9.17) is 9.15 Å². The smallest absolute Gasteiger partial charge is 0.277 e. The molecule has 0 unspecified atom stereocenters. The van der Waals surface area contributed by atoms with Gasteiger partial charge in [0.1, 0.15) is 5.75 Å². The average Bonchev–Trinajstić information content (AvgIpc) is 3.58. The van der Waals surface area contributed by atoms with E-state index in [0.717, 1.165) is 28.8 Å². The van der Waals surface area contributed by atoms with E-state index in [9.17, 15) is 13.2 Å². The molecule has 0 saturated carbocycles. The van der Waals surface area contributed by atoms with Crippen LogP contribution in [-0.4, -0.2) is 59.8 Å². The summed E-state index contributed by atoms with van der Waals surface area (Å²) in [5.41, 5.74) is 2.26. The Morgan fingerprint density at radius 2 is 1.73 bits per heavy atom. The molecule has 2 aromatic carbocycles. The second kappa shape index (κ2) is 11.9. The zero-order valence-electron chi connectivity index (χ0n) is 20.4. The van der Waals surface area contributed by atoms with Crippen molar-refractivity contribution in [3.8, 4) is 28.5 Å². The molecule has 13 heteroatoms. The van der Waals surface area contributed by atoms with Gasteiger partial charge >= 0.3 is 0 Å². The summed E-state index contributed by atoms with van der Waals surface area (Å²) in [7, 11) is -1.94. The van der Waals surface area contributed by atoms with Crippen molar-refractivity contribution in [2.45, 2.75) is 24.0 Å². The number of sulfonamides is 1. The molecule has 37 heavy (non-hydrogen) atoms. The third kappa shape index (κ3) is 6.36. The van der Waals surface area contributed by atoms with E-state index in [1.165, 1.54) is 27.8 Å². The first-order valence-corrected chi connectivity index (χ1v) is 14.6. The fraction of sp³-hybridized carbons (Fsp3) is 0.250. The number of hydrogen-bond acceptors (Lipinski definition) is 10. The summed E-state index contributed by atoms with van der Waals surface area (Å²) in [4.78, 5) is 17.1. The molecule has 0 spiro atoms. The van der Waals surface area contributed by atoms with Crippen LogP contribution in [0.2, 0.25) is 0 Å². The molecule has 4 aromatic rings. The molecule has 0 aliphatic rings. The summed E-state index contributed by atoms with van der Waals surface area (Å²) in [5.74, 6) is 0.791. The number of aromatic nitrogens is 3. The summed E-state index contributed by atoms with van der Waals surface area (Å²) in [6.45, 7) is 4.38. The summed E-state index contributed by atoms with van der Waals surface area (Å²) in [6.07, 6.45) is 0. The molecular formula is C24H25N5O5S3. The number of carbonyl (C=O) groups excluding carboxylic acids is 1. The predicted molar refractivity (Wildman–Crippen MR) is 143 cm³/mol. The highest BCUT2D eigenvalue weighted by Gasteiger charge is 2.22. The standard InChI is InChI=1S/C24H25N5O5S3/c1-4-29(5-2)37(31,32)19-12-8-17(9-13-19)22-27-28-24(34-22)36-15-21(30)26-23-25-20(14-35-23)16-6-10-18(33-3)11-7-16/h6-14H,4-5,15H2,1-3H3,(H,25,26,30). The molecule has 0 bridgehead atoms. The lowest BCUT2D eigenvalue weighted by Gasteiger charge is -2.18. The van der Waals surface area contributed by atoms with Crippen molar-refractivity contribution in [3.05, 3.63) is 53.9 Å². The van der Waals surface area contributed by atoms with Gasteiger partial charge in [-0.3, -0.25) is 4.79 Å². The van der Waals surface area contributed by atoms with E-state index in [1.54, 1.807) is 33.1 Å². The van der Waals surface area contributed by atoms with E-state index in [2.05, 4.69) is 20.5 Å². The molecular weight excluding hydrogens is 534 g/mol. The SMILES string of the molecule is CCN(CC)S(=O)(=O)c1ccc(-c2nnc(SCC(=O)Nc3nc(-c4ccc(OC)cc4)cs3)o2)cc1. The summed E-state index contributed by atoms with van der Waals surface area (Å²) in [5, 5.41) is 13.3. The van der Waals surface area contributed by atoms with Gasteiger partial charge in [0, 0.05) is 29.6 Å². The maximum absolute atomic E-state index is 12.6. The number of thiazole rings is 1. The van der Waals surface area contributed by atoms with Crippen LogP contribution in [0.15, 0.2) is 68.4 Å². The van der Waals surface area contributed by atoms with Crippen molar-refractivity contribution in [3.63, 3.8) is 0 Å². The molecule has 1 N–H and O–H groups in total. The minimum Gasteiger partial charge on any atom is -0.497 e. The zero-order valence-corrected chi connectivity index (χ0v) is 22.8. The second-order valence-corrected chi connectivity index (χ2v) is 11.3. The molecule has 0 fully saturated rings. The van der Waals surface area contributed by atoms with Gasteiger partial charge in [-0.2, -0.15) is 4.31 Å². The van der Waals surface area contributed by atoms with Crippen LogP contribution in [0.3, 0.4) is 0 Å². The highest BCUT2D eigenvalue weighted by molar-refractivity contribution is 7.99. The lowest BCUT2D eigenvalue weighted by atomic mass is 10.2. The van der Waals surface area contributed by atoms with Crippen LogP contribution in [0.5, 0.6) is 5.75 Å². The molecule has 0 radical (unpaired) electrons. The van der Waals surface area contributed by atoms with Gasteiger partial charge in [0.05, 0.1) is 23.5 Å². The van der Waals surface area contributed by atoms with Gasteiger partial charge in [-0.1, -0.05) is 25.6 Å². The van der Waals surface area contributed by atoms with Crippen LogP contribution in [-0.2, 0) is 14.8 Å². The Bertz CT molecular complexity index is 1450. The first-order chi connectivity index (χ1) is 17.8.